The lowest BCUT2D eigenvalue weighted by atomic mass is 10.0. The highest BCUT2D eigenvalue weighted by Crippen LogP contribution is 2.32. The highest BCUT2D eigenvalue weighted by atomic mass is 127. The highest BCUT2D eigenvalue weighted by Gasteiger charge is 2.34. The molecule has 0 radical (unpaired) electrons. The van der Waals surface area contributed by atoms with E-state index in [1.165, 1.54) is 0 Å². The maximum absolute atomic E-state index is 13.3. The molecular weight excluding hydrogens is 473 g/mol. The topological polar surface area (TPSA) is 63.9 Å². The molecule has 1 amide bonds. The van der Waals surface area contributed by atoms with E-state index in [0.29, 0.717) is 18.1 Å². The molecule has 6 nitrogen and oxygen atoms in total. The molecule has 4 heterocycles. The van der Waals surface area contributed by atoms with Crippen LogP contribution in [0, 0.1) is 17.4 Å². The van der Waals surface area contributed by atoms with Crippen LogP contribution in [0.15, 0.2) is 36.8 Å². The van der Waals surface area contributed by atoms with E-state index in [1.807, 2.05) is 42.9 Å². The zero-order chi connectivity index (χ0) is 18.4. The zero-order valence-electron chi connectivity index (χ0n) is 15.3. The lowest BCUT2D eigenvalue weighted by molar-refractivity contribution is 0.0953. The molecule has 1 aliphatic heterocycles. The largest absolute Gasteiger partial charge is 0.289 e. The van der Waals surface area contributed by atoms with Crippen molar-refractivity contribution in [3.63, 3.8) is 0 Å². The van der Waals surface area contributed by atoms with E-state index in [9.17, 15) is 4.79 Å². The van der Waals surface area contributed by atoms with Crippen molar-refractivity contribution >= 4 is 47.8 Å². The van der Waals surface area contributed by atoms with Gasteiger partial charge in [-0.2, -0.15) is 18.6 Å². The van der Waals surface area contributed by atoms with E-state index in [-0.39, 0.29) is 25.4 Å². The molecule has 3 aromatic heterocycles. The molecule has 27 heavy (non-hydrogen) atoms. The summed E-state index contributed by atoms with van der Waals surface area (Å²) in [5.41, 5.74) is 4.40. The molecule has 3 aromatic rings. The molecule has 0 aliphatic carbocycles. The summed E-state index contributed by atoms with van der Waals surface area (Å²) in [4.78, 5) is 23.8. The molecule has 4 rings (SSSR count). The van der Waals surface area contributed by atoms with E-state index in [0.717, 1.165) is 26.0 Å². The summed E-state index contributed by atoms with van der Waals surface area (Å²) in [6, 6.07) is 5.92. The van der Waals surface area contributed by atoms with Gasteiger partial charge in [0.2, 0.25) is 0 Å². The SMILES string of the molecule is Cc1cc(-c2cnn3c2C(=O)N(c2cc(I)c(C)cn2)C[C@@H]3C)ccn1.S. The van der Waals surface area contributed by atoms with Crippen LogP contribution in [-0.2, 0) is 0 Å². The van der Waals surface area contributed by atoms with Crippen molar-refractivity contribution in [3.8, 4) is 11.1 Å². The fourth-order valence-electron chi connectivity index (χ4n) is 3.22. The number of aryl methyl sites for hydroxylation is 2. The Balaban J connectivity index is 0.00000210. The molecule has 0 aromatic carbocycles. The number of amides is 1. The maximum Gasteiger partial charge on any atom is 0.278 e. The van der Waals surface area contributed by atoms with Crippen molar-refractivity contribution in [3.05, 3.63) is 57.3 Å². The van der Waals surface area contributed by atoms with Crippen LogP contribution in [-0.4, -0.2) is 32.2 Å². The predicted octanol–water partition coefficient (Wildman–Crippen LogP) is 3.90. The van der Waals surface area contributed by atoms with Crippen LogP contribution >= 0.6 is 36.1 Å². The van der Waals surface area contributed by atoms with Crippen LogP contribution in [0.1, 0.15) is 34.7 Å². The van der Waals surface area contributed by atoms with Crippen LogP contribution in [0.4, 0.5) is 5.82 Å². The van der Waals surface area contributed by atoms with Gasteiger partial charge in [0.1, 0.15) is 11.5 Å². The number of carbonyl (C=O) groups excluding carboxylic acids is 1. The zero-order valence-corrected chi connectivity index (χ0v) is 18.4. The van der Waals surface area contributed by atoms with E-state index in [1.54, 1.807) is 17.3 Å². The monoisotopic (exact) mass is 493 g/mol. The van der Waals surface area contributed by atoms with Gasteiger partial charge in [-0.05, 0) is 72.7 Å². The fraction of sp³-hybridized carbons (Fsp3) is 0.263. The molecule has 1 atom stereocenters. The number of anilines is 1. The molecule has 140 valence electrons. The van der Waals surface area contributed by atoms with Crippen molar-refractivity contribution in [1.29, 1.82) is 0 Å². The van der Waals surface area contributed by atoms with Crippen molar-refractivity contribution in [2.75, 3.05) is 11.4 Å². The molecule has 0 bridgehead atoms. The van der Waals surface area contributed by atoms with Gasteiger partial charge in [-0.25, -0.2) is 4.98 Å². The van der Waals surface area contributed by atoms with Crippen molar-refractivity contribution in [1.82, 2.24) is 19.7 Å². The smallest absolute Gasteiger partial charge is 0.278 e. The van der Waals surface area contributed by atoms with Gasteiger partial charge in [-0.3, -0.25) is 19.4 Å². The van der Waals surface area contributed by atoms with Gasteiger partial charge in [0.15, 0.2) is 0 Å². The van der Waals surface area contributed by atoms with Gasteiger partial charge in [-0.1, -0.05) is 0 Å². The second kappa shape index (κ2) is 7.59. The summed E-state index contributed by atoms with van der Waals surface area (Å²) in [5.74, 6) is 0.610. The third kappa shape index (κ3) is 3.47. The van der Waals surface area contributed by atoms with Crippen molar-refractivity contribution in [2.45, 2.75) is 26.8 Å². The number of rotatable bonds is 2. The van der Waals surface area contributed by atoms with Crippen LogP contribution < -0.4 is 4.90 Å². The maximum atomic E-state index is 13.3. The number of pyridine rings is 2. The van der Waals surface area contributed by atoms with Crippen LogP contribution in [0.2, 0.25) is 0 Å². The van der Waals surface area contributed by atoms with Crippen LogP contribution in [0.25, 0.3) is 11.1 Å². The van der Waals surface area contributed by atoms with E-state index < -0.39 is 0 Å². The van der Waals surface area contributed by atoms with Gasteiger partial charge in [-0.15, -0.1) is 0 Å². The average Bonchev–Trinajstić information content (AvgIpc) is 3.06. The highest BCUT2D eigenvalue weighted by molar-refractivity contribution is 14.1. The number of carbonyl (C=O) groups is 1. The first-order valence-corrected chi connectivity index (χ1v) is 9.48. The predicted molar refractivity (Wildman–Crippen MR) is 119 cm³/mol. The number of halogens is 1. The minimum Gasteiger partial charge on any atom is -0.289 e. The molecule has 0 unspecified atom stereocenters. The number of aromatic nitrogens is 4. The van der Waals surface area contributed by atoms with Gasteiger partial charge in [0.05, 0.1) is 12.2 Å². The van der Waals surface area contributed by atoms with E-state index in [2.05, 4.69) is 44.6 Å². The average molecular weight is 493 g/mol. The number of hydrogen-bond acceptors (Lipinski definition) is 4. The van der Waals surface area contributed by atoms with Gasteiger partial charge < -0.3 is 0 Å². The first-order valence-electron chi connectivity index (χ1n) is 8.40. The van der Waals surface area contributed by atoms with Gasteiger partial charge in [0.25, 0.3) is 5.91 Å². The first kappa shape index (κ1) is 19.8. The molecule has 0 spiro atoms. The van der Waals surface area contributed by atoms with Crippen molar-refractivity contribution < 1.29 is 4.79 Å². The summed E-state index contributed by atoms with van der Waals surface area (Å²) in [6.45, 7) is 6.57. The summed E-state index contributed by atoms with van der Waals surface area (Å²) in [7, 11) is 0. The van der Waals surface area contributed by atoms with Crippen LogP contribution in [0.5, 0.6) is 0 Å². The van der Waals surface area contributed by atoms with Gasteiger partial charge in [0, 0.05) is 33.8 Å². The second-order valence-corrected chi connectivity index (χ2v) is 7.76. The second-order valence-electron chi connectivity index (χ2n) is 6.59. The Morgan fingerprint density at radius 3 is 2.67 bits per heavy atom. The first-order chi connectivity index (χ1) is 12.5. The minimum atomic E-state index is -0.0720. The Morgan fingerprint density at radius 1 is 1.19 bits per heavy atom. The quantitative estimate of drug-likeness (QED) is 0.509. The Kier molecular flexibility index (Phi) is 5.57. The van der Waals surface area contributed by atoms with Gasteiger partial charge >= 0.3 is 0 Å². The molecule has 0 N–H and O–H groups in total. The molecule has 8 heteroatoms. The summed E-state index contributed by atoms with van der Waals surface area (Å²) in [6.07, 6.45) is 5.34. The Hall–Kier alpha value is -1.94. The number of nitrogens with zero attached hydrogens (tertiary/aromatic N) is 5. The van der Waals surface area contributed by atoms with Crippen molar-refractivity contribution in [2.24, 2.45) is 0 Å². The third-order valence-corrected chi connectivity index (χ3v) is 5.78. The van der Waals surface area contributed by atoms with E-state index in [4.69, 9.17) is 0 Å². The lowest BCUT2D eigenvalue weighted by Crippen LogP contribution is -2.43. The lowest BCUT2D eigenvalue weighted by Gasteiger charge is -2.31. The normalized spacial score (nSPS) is 16.1. The summed E-state index contributed by atoms with van der Waals surface area (Å²) in [5, 5.41) is 4.48. The molecule has 1 aliphatic rings. The Morgan fingerprint density at radius 2 is 1.96 bits per heavy atom. The molecule has 0 saturated heterocycles. The fourth-order valence-corrected chi connectivity index (χ4v) is 3.64. The molecular formula is C19H20IN5OS. The molecule has 0 saturated carbocycles. The minimum absolute atomic E-state index is 0. The number of hydrogen-bond donors (Lipinski definition) is 0. The summed E-state index contributed by atoms with van der Waals surface area (Å²) >= 11 is 2.27. The third-order valence-electron chi connectivity index (χ3n) is 4.61. The standard InChI is InChI=1S/C19H18IN5O.H2S/c1-11-8-22-17(7-16(11)20)24-10-13(3)25-18(19(24)26)15(9-23-25)14-4-5-21-12(2)6-14;/h4-9,13H,10H2,1-3H3;1H2/t13-;/m0./s1. The van der Waals surface area contributed by atoms with Crippen LogP contribution in [0.3, 0.4) is 0 Å². The number of fused-ring (bicyclic) bond motifs is 1. The summed E-state index contributed by atoms with van der Waals surface area (Å²) < 4.78 is 2.92. The molecule has 0 fully saturated rings. The Bertz CT molecular complexity index is 1020. The van der Waals surface area contributed by atoms with E-state index >= 15 is 0 Å². The Labute approximate surface area is 178 Å².